The molecule has 4 fully saturated rings. The van der Waals surface area contributed by atoms with Crippen LogP contribution in [0.1, 0.15) is 69.9 Å². The van der Waals surface area contributed by atoms with Crippen molar-refractivity contribution >= 4 is 27.6 Å². The van der Waals surface area contributed by atoms with E-state index in [0.29, 0.717) is 28.6 Å². The summed E-state index contributed by atoms with van der Waals surface area (Å²) in [7, 11) is -2.14. The van der Waals surface area contributed by atoms with Crippen molar-refractivity contribution < 1.29 is 22.7 Å². The Morgan fingerprint density at radius 1 is 1.08 bits per heavy atom. The molecular formula is C30H36N2O5S. The molecular weight excluding hydrogens is 500 g/mol. The molecule has 1 amide bonds. The molecule has 2 aromatic rings. The first-order chi connectivity index (χ1) is 18.2. The van der Waals surface area contributed by atoms with Crippen molar-refractivity contribution in [1.29, 1.82) is 0 Å². The largest absolute Gasteiger partial charge is 0.493 e. The summed E-state index contributed by atoms with van der Waals surface area (Å²) in [6.45, 7) is 4.38. The predicted molar refractivity (Wildman–Crippen MR) is 146 cm³/mol. The minimum atomic E-state index is -3.76. The van der Waals surface area contributed by atoms with E-state index >= 15 is 0 Å². The van der Waals surface area contributed by atoms with Crippen molar-refractivity contribution in [2.45, 2.75) is 70.9 Å². The second kappa shape index (κ2) is 9.11. The zero-order valence-electron chi connectivity index (χ0n) is 22.4. The number of rotatable bonds is 6. The summed E-state index contributed by atoms with van der Waals surface area (Å²) in [6.07, 6.45) is 12.1. The maximum atomic E-state index is 14.3. The molecule has 3 aliphatic carbocycles. The van der Waals surface area contributed by atoms with Crippen LogP contribution in [0.3, 0.4) is 0 Å². The summed E-state index contributed by atoms with van der Waals surface area (Å²) in [4.78, 5) is 18.4. The van der Waals surface area contributed by atoms with Crippen molar-refractivity contribution in [3.05, 3.63) is 53.9 Å². The monoisotopic (exact) mass is 536 g/mol. The highest BCUT2D eigenvalue weighted by Gasteiger charge is 2.72. The van der Waals surface area contributed by atoms with E-state index in [9.17, 15) is 13.2 Å². The highest BCUT2D eigenvalue weighted by Crippen LogP contribution is 2.70. The summed E-state index contributed by atoms with van der Waals surface area (Å²) < 4.78 is 40.3. The van der Waals surface area contributed by atoms with Gasteiger partial charge in [-0.25, -0.2) is 12.7 Å². The van der Waals surface area contributed by atoms with Crippen molar-refractivity contribution in [3.63, 3.8) is 0 Å². The zero-order chi connectivity index (χ0) is 26.7. The molecule has 1 aliphatic heterocycles. The molecule has 0 N–H and O–H groups in total. The van der Waals surface area contributed by atoms with Crippen molar-refractivity contribution in [1.82, 2.24) is 9.29 Å². The number of nitrogens with zero attached hydrogens (tertiary/aromatic N) is 2. The number of carbonyl (C=O) groups excluding carboxylic acids is 1. The molecule has 1 saturated heterocycles. The second-order valence-electron chi connectivity index (χ2n) is 12.0. The van der Waals surface area contributed by atoms with Crippen LogP contribution in [0.4, 0.5) is 0 Å². The summed E-state index contributed by atoms with van der Waals surface area (Å²) in [5.41, 5.74) is 1.24. The summed E-state index contributed by atoms with van der Waals surface area (Å²) in [5, 5.41) is 0. The van der Waals surface area contributed by atoms with Crippen LogP contribution in [0, 0.1) is 16.7 Å². The first kappa shape index (κ1) is 25.4. The Morgan fingerprint density at radius 3 is 2.50 bits per heavy atom. The smallest absolute Gasteiger partial charge is 0.268 e. The minimum absolute atomic E-state index is 0.0471. The van der Waals surface area contributed by atoms with Crippen LogP contribution in [0.5, 0.6) is 11.5 Å². The third-order valence-electron chi connectivity index (χ3n) is 9.93. The van der Waals surface area contributed by atoms with Crippen LogP contribution < -0.4 is 9.47 Å². The molecule has 202 valence electrons. The van der Waals surface area contributed by atoms with Crippen LogP contribution in [0.2, 0.25) is 0 Å². The van der Waals surface area contributed by atoms with Gasteiger partial charge in [-0.1, -0.05) is 19.9 Å². The van der Waals surface area contributed by atoms with Gasteiger partial charge < -0.3 is 9.47 Å². The molecule has 2 bridgehead atoms. The molecule has 3 saturated carbocycles. The van der Waals surface area contributed by atoms with Gasteiger partial charge >= 0.3 is 0 Å². The number of ether oxygens (including phenoxy) is 2. The maximum absolute atomic E-state index is 14.3. The molecule has 1 spiro atoms. The topological polar surface area (TPSA) is 85.8 Å². The Bertz CT molecular complexity index is 1380. The van der Waals surface area contributed by atoms with Crippen LogP contribution in [0.25, 0.3) is 11.6 Å². The normalized spacial score (nSPS) is 29.4. The number of sulfonamides is 1. The number of hydrogen-bond donors (Lipinski definition) is 0. The molecule has 38 heavy (non-hydrogen) atoms. The first-order valence-corrected chi connectivity index (χ1v) is 15.3. The molecule has 7 nitrogen and oxygen atoms in total. The van der Waals surface area contributed by atoms with Crippen molar-refractivity contribution in [2.75, 3.05) is 12.9 Å². The summed E-state index contributed by atoms with van der Waals surface area (Å²) >= 11 is 0. The lowest BCUT2D eigenvalue weighted by atomic mass is 9.69. The van der Waals surface area contributed by atoms with Crippen LogP contribution in [-0.4, -0.2) is 48.6 Å². The Balaban J connectivity index is 1.41. The van der Waals surface area contributed by atoms with E-state index in [2.05, 4.69) is 18.8 Å². The number of amides is 1. The van der Waals surface area contributed by atoms with E-state index in [4.69, 9.17) is 9.47 Å². The maximum Gasteiger partial charge on any atom is 0.268 e. The van der Waals surface area contributed by atoms with Gasteiger partial charge in [0, 0.05) is 23.4 Å². The van der Waals surface area contributed by atoms with E-state index < -0.39 is 15.9 Å². The van der Waals surface area contributed by atoms with E-state index in [1.54, 1.807) is 37.7 Å². The average molecular weight is 537 g/mol. The quantitative estimate of drug-likeness (QED) is 0.465. The van der Waals surface area contributed by atoms with Gasteiger partial charge in [0.25, 0.3) is 5.91 Å². The predicted octanol–water partition coefficient (Wildman–Crippen LogP) is 5.32. The van der Waals surface area contributed by atoms with E-state index in [-0.39, 0.29) is 28.7 Å². The van der Waals surface area contributed by atoms with E-state index in [1.165, 1.54) is 4.31 Å². The standard InChI is InChI=1S/C30H36N2O5S/c1-29(2)22-10-13-30(29)19-38(34,35)32(27(30)18-22)28(33)24(21-11-14-31-15-12-21)16-20-8-9-25(36-3)26(17-20)37-23-6-4-5-7-23/h8-9,11-12,14-17,22-23,27H,4-7,10,13,18-19H2,1-3H3/b24-16+/t22?,27?,30-/m1/s1. The fourth-order valence-electron chi connectivity index (χ4n) is 7.70. The third kappa shape index (κ3) is 3.86. The molecule has 2 unspecified atom stereocenters. The van der Waals surface area contributed by atoms with Crippen molar-refractivity contribution in [3.8, 4) is 11.5 Å². The summed E-state index contributed by atoms with van der Waals surface area (Å²) in [6, 6.07) is 8.81. The highest BCUT2D eigenvalue weighted by molar-refractivity contribution is 7.90. The number of hydrogen-bond acceptors (Lipinski definition) is 6. The van der Waals surface area contributed by atoms with Crippen molar-refractivity contribution in [2.24, 2.45) is 16.7 Å². The lowest BCUT2D eigenvalue weighted by Crippen LogP contribution is -2.44. The lowest BCUT2D eigenvalue weighted by molar-refractivity contribution is -0.123. The van der Waals surface area contributed by atoms with Gasteiger partial charge in [0.2, 0.25) is 10.0 Å². The van der Waals surface area contributed by atoms with Gasteiger partial charge in [0.1, 0.15) is 0 Å². The van der Waals surface area contributed by atoms with Gasteiger partial charge in [0.15, 0.2) is 11.5 Å². The van der Waals surface area contributed by atoms with Crippen LogP contribution in [-0.2, 0) is 14.8 Å². The van der Waals surface area contributed by atoms with Crippen LogP contribution >= 0.6 is 0 Å². The number of fused-ring (bicyclic) bond motifs is 1. The SMILES string of the molecule is COc1ccc(/C=C(/C(=O)N2C3CC4CC[C@]3(CS2(=O)=O)C4(C)C)c2ccncc2)cc1OC1CCCC1. The number of pyridine rings is 1. The molecule has 8 heteroatoms. The number of carbonyl (C=O) groups is 1. The Morgan fingerprint density at radius 2 is 1.82 bits per heavy atom. The molecule has 1 aromatic heterocycles. The molecule has 3 atom stereocenters. The van der Waals surface area contributed by atoms with Gasteiger partial charge in [-0.3, -0.25) is 9.78 Å². The Hall–Kier alpha value is -2.87. The molecule has 0 radical (unpaired) electrons. The molecule has 6 rings (SSSR count). The number of methoxy groups -OCH3 is 1. The fourth-order valence-corrected chi connectivity index (χ4v) is 10.2. The highest BCUT2D eigenvalue weighted by atomic mass is 32.2. The van der Waals surface area contributed by atoms with Gasteiger partial charge in [0.05, 0.1) is 25.0 Å². The molecule has 4 aliphatic rings. The Kier molecular flexibility index (Phi) is 6.09. The number of aromatic nitrogens is 1. The molecule has 2 heterocycles. The van der Waals surface area contributed by atoms with Crippen LogP contribution in [0.15, 0.2) is 42.7 Å². The van der Waals surface area contributed by atoms with E-state index in [0.717, 1.165) is 50.5 Å². The first-order valence-electron chi connectivity index (χ1n) is 13.7. The van der Waals surface area contributed by atoms with E-state index in [1.807, 2.05) is 18.2 Å². The fraction of sp³-hybridized carbons (Fsp3) is 0.533. The molecule has 1 aromatic carbocycles. The van der Waals surface area contributed by atoms with Gasteiger partial charge in [-0.2, -0.15) is 0 Å². The lowest BCUT2D eigenvalue weighted by Gasteiger charge is -2.37. The number of benzene rings is 1. The Labute approximate surface area is 225 Å². The third-order valence-corrected chi connectivity index (χ3v) is 11.8. The summed E-state index contributed by atoms with van der Waals surface area (Å²) in [5.74, 6) is 1.29. The average Bonchev–Trinajstić information content (AvgIpc) is 3.60. The van der Waals surface area contributed by atoms with Gasteiger partial charge in [-0.15, -0.1) is 0 Å². The zero-order valence-corrected chi connectivity index (χ0v) is 23.2. The second-order valence-corrected chi connectivity index (χ2v) is 13.8. The minimum Gasteiger partial charge on any atom is -0.493 e. The van der Waals surface area contributed by atoms with Gasteiger partial charge in [-0.05, 0) is 97.7 Å².